The number of nitrogens with one attached hydrogen (secondary N) is 1. The van der Waals surface area contributed by atoms with Gasteiger partial charge in [0.1, 0.15) is 0 Å². The molecule has 0 aromatic heterocycles. The molecular weight excluding hydrogens is 176 g/mol. The number of rotatable bonds is 2. The Kier molecular flexibility index (Phi) is 3.79. The number of likely N-dealkylation sites (tertiary alicyclic amines) is 1. The van der Waals surface area contributed by atoms with E-state index in [0.29, 0.717) is 6.04 Å². The molecule has 2 unspecified atom stereocenters. The summed E-state index contributed by atoms with van der Waals surface area (Å²) in [4.78, 5) is 2.58. The molecule has 2 fully saturated rings. The molecule has 0 aromatic rings. The first-order valence-electron chi connectivity index (χ1n) is 5.88. The topological polar surface area (TPSA) is 24.5 Å². The van der Waals surface area contributed by atoms with E-state index in [1.807, 2.05) is 0 Å². The summed E-state index contributed by atoms with van der Waals surface area (Å²) in [5.41, 5.74) is 0. The summed E-state index contributed by atoms with van der Waals surface area (Å²) in [7, 11) is 0. The van der Waals surface area contributed by atoms with Crippen molar-refractivity contribution in [1.82, 2.24) is 10.2 Å². The number of hydrogen-bond acceptors (Lipinski definition) is 3. The third-order valence-electron chi connectivity index (χ3n) is 3.22. The first kappa shape index (κ1) is 10.4. The molecule has 14 heavy (non-hydrogen) atoms. The van der Waals surface area contributed by atoms with Gasteiger partial charge in [-0.2, -0.15) is 0 Å². The lowest BCUT2D eigenvalue weighted by Gasteiger charge is -2.35. The predicted octanol–water partition coefficient (Wildman–Crippen LogP) is 0.707. The highest BCUT2D eigenvalue weighted by Crippen LogP contribution is 2.15. The van der Waals surface area contributed by atoms with Crippen molar-refractivity contribution in [3.8, 4) is 0 Å². The Balaban J connectivity index is 1.72. The van der Waals surface area contributed by atoms with Gasteiger partial charge in [-0.15, -0.1) is 0 Å². The quantitative estimate of drug-likeness (QED) is 0.707. The van der Waals surface area contributed by atoms with Crippen LogP contribution in [-0.2, 0) is 4.74 Å². The Morgan fingerprint density at radius 1 is 1.50 bits per heavy atom. The van der Waals surface area contributed by atoms with Crippen LogP contribution in [0.1, 0.15) is 19.8 Å². The first-order chi connectivity index (χ1) is 6.84. The smallest absolute Gasteiger partial charge is 0.0632 e. The monoisotopic (exact) mass is 198 g/mol. The molecule has 82 valence electrons. The minimum Gasteiger partial charge on any atom is -0.378 e. The van der Waals surface area contributed by atoms with Gasteiger partial charge in [0, 0.05) is 25.7 Å². The molecule has 2 aliphatic heterocycles. The molecule has 0 bridgehead atoms. The highest BCUT2D eigenvalue weighted by molar-refractivity contribution is 4.78. The number of nitrogens with zero attached hydrogens (tertiary/aromatic N) is 1. The number of piperidine rings is 1. The second-order valence-electron chi connectivity index (χ2n) is 4.73. The largest absolute Gasteiger partial charge is 0.378 e. The molecule has 2 rings (SSSR count). The fourth-order valence-corrected chi connectivity index (χ4v) is 2.50. The van der Waals surface area contributed by atoms with Crippen molar-refractivity contribution in [3.05, 3.63) is 0 Å². The summed E-state index contributed by atoms with van der Waals surface area (Å²) in [6.07, 6.45) is 2.78. The molecule has 2 heterocycles. The molecule has 0 amide bonds. The van der Waals surface area contributed by atoms with Gasteiger partial charge in [0.15, 0.2) is 0 Å². The van der Waals surface area contributed by atoms with E-state index in [2.05, 4.69) is 17.1 Å². The van der Waals surface area contributed by atoms with E-state index in [-0.39, 0.29) is 0 Å². The third-order valence-corrected chi connectivity index (χ3v) is 3.22. The zero-order valence-corrected chi connectivity index (χ0v) is 9.17. The van der Waals surface area contributed by atoms with Crippen molar-refractivity contribution in [2.24, 2.45) is 5.92 Å². The Bertz CT molecular complexity index is 169. The lowest BCUT2D eigenvalue weighted by atomic mass is 10.00. The Morgan fingerprint density at radius 2 is 2.43 bits per heavy atom. The van der Waals surface area contributed by atoms with Crippen molar-refractivity contribution in [2.75, 3.05) is 39.4 Å². The van der Waals surface area contributed by atoms with Gasteiger partial charge in [-0.05, 0) is 25.3 Å². The van der Waals surface area contributed by atoms with E-state index in [9.17, 15) is 0 Å². The predicted molar refractivity (Wildman–Crippen MR) is 57.4 cm³/mol. The van der Waals surface area contributed by atoms with Crippen LogP contribution in [0.2, 0.25) is 0 Å². The van der Waals surface area contributed by atoms with Crippen LogP contribution < -0.4 is 5.32 Å². The number of ether oxygens (including phenoxy) is 1. The van der Waals surface area contributed by atoms with Gasteiger partial charge < -0.3 is 15.0 Å². The van der Waals surface area contributed by atoms with Crippen LogP contribution in [0.15, 0.2) is 0 Å². The van der Waals surface area contributed by atoms with Gasteiger partial charge in [0.25, 0.3) is 0 Å². The van der Waals surface area contributed by atoms with Gasteiger partial charge in [-0.1, -0.05) is 6.92 Å². The normalized spacial score (nSPS) is 35.8. The molecule has 2 aliphatic rings. The molecule has 3 heteroatoms. The summed E-state index contributed by atoms with van der Waals surface area (Å²) >= 11 is 0. The van der Waals surface area contributed by atoms with E-state index >= 15 is 0 Å². The average molecular weight is 198 g/mol. The zero-order chi connectivity index (χ0) is 9.80. The van der Waals surface area contributed by atoms with E-state index < -0.39 is 0 Å². The average Bonchev–Trinajstić information content (AvgIpc) is 2.19. The number of morpholine rings is 1. The molecule has 2 saturated heterocycles. The molecule has 0 aromatic carbocycles. The molecule has 3 nitrogen and oxygen atoms in total. The summed E-state index contributed by atoms with van der Waals surface area (Å²) in [5, 5.41) is 3.51. The SMILES string of the molecule is CC1CCCN(CC2COCCN2)C1. The minimum absolute atomic E-state index is 0.564. The molecular formula is C11H22N2O. The highest BCUT2D eigenvalue weighted by atomic mass is 16.5. The fourth-order valence-electron chi connectivity index (χ4n) is 2.50. The molecule has 2 atom stereocenters. The van der Waals surface area contributed by atoms with Crippen molar-refractivity contribution in [2.45, 2.75) is 25.8 Å². The van der Waals surface area contributed by atoms with Crippen molar-refractivity contribution < 1.29 is 4.74 Å². The standard InChI is InChI=1S/C11H22N2O/c1-10-3-2-5-13(7-10)8-11-9-14-6-4-12-11/h10-12H,2-9H2,1H3. The van der Waals surface area contributed by atoms with Crippen molar-refractivity contribution >= 4 is 0 Å². The Hall–Kier alpha value is -0.120. The zero-order valence-electron chi connectivity index (χ0n) is 9.17. The number of hydrogen-bond donors (Lipinski definition) is 1. The molecule has 1 N–H and O–H groups in total. The van der Waals surface area contributed by atoms with Crippen LogP contribution in [0.25, 0.3) is 0 Å². The maximum atomic E-state index is 5.46. The van der Waals surface area contributed by atoms with Crippen LogP contribution in [0.5, 0.6) is 0 Å². The van der Waals surface area contributed by atoms with E-state index in [0.717, 1.165) is 25.7 Å². The summed E-state index contributed by atoms with van der Waals surface area (Å²) in [6.45, 7) is 8.88. The molecule has 0 radical (unpaired) electrons. The lowest BCUT2D eigenvalue weighted by molar-refractivity contribution is 0.0548. The summed E-state index contributed by atoms with van der Waals surface area (Å²) < 4.78 is 5.46. The Labute approximate surface area is 86.8 Å². The van der Waals surface area contributed by atoms with Gasteiger partial charge in [0.05, 0.1) is 13.2 Å². The van der Waals surface area contributed by atoms with Crippen LogP contribution in [0, 0.1) is 5.92 Å². The molecule has 0 spiro atoms. The maximum absolute atomic E-state index is 5.46. The maximum Gasteiger partial charge on any atom is 0.0632 e. The van der Waals surface area contributed by atoms with E-state index in [1.54, 1.807) is 0 Å². The minimum atomic E-state index is 0.564. The van der Waals surface area contributed by atoms with Crippen LogP contribution in [-0.4, -0.2) is 50.3 Å². The van der Waals surface area contributed by atoms with Crippen molar-refractivity contribution in [3.63, 3.8) is 0 Å². The summed E-state index contributed by atoms with van der Waals surface area (Å²) in [6, 6.07) is 0.564. The van der Waals surface area contributed by atoms with Crippen molar-refractivity contribution in [1.29, 1.82) is 0 Å². The second-order valence-corrected chi connectivity index (χ2v) is 4.73. The lowest BCUT2D eigenvalue weighted by Crippen LogP contribution is -2.50. The van der Waals surface area contributed by atoms with E-state index in [1.165, 1.54) is 32.5 Å². The molecule has 0 saturated carbocycles. The second kappa shape index (κ2) is 5.10. The first-order valence-corrected chi connectivity index (χ1v) is 5.88. The van der Waals surface area contributed by atoms with E-state index in [4.69, 9.17) is 4.74 Å². The van der Waals surface area contributed by atoms with Crippen LogP contribution in [0.4, 0.5) is 0 Å². The summed E-state index contributed by atoms with van der Waals surface area (Å²) in [5.74, 6) is 0.883. The van der Waals surface area contributed by atoms with Crippen LogP contribution >= 0.6 is 0 Å². The van der Waals surface area contributed by atoms with Gasteiger partial charge in [0.2, 0.25) is 0 Å². The molecule has 0 aliphatic carbocycles. The van der Waals surface area contributed by atoms with Gasteiger partial charge >= 0.3 is 0 Å². The van der Waals surface area contributed by atoms with Crippen LogP contribution in [0.3, 0.4) is 0 Å². The fraction of sp³-hybridized carbons (Fsp3) is 1.00. The Morgan fingerprint density at radius 3 is 3.14 bits per heavy atom. The highest BCUT2D eigenvalue weighted by Gasteiger charge is 2.21. The van der Waals surface area contributed by atoms with Gasteiger partial charge in [-0.25, -0.2) is 0 Å². The third kappa shape index (κ3) is 2.94. The van der Waals surface area contributed by atoms with Gasteiger partial charge in [-0.3, -0.25) is 0 Å².